The van der Waals surface area contributed by atoms with Gasteiger partial charge in [0.1, 0.15) is 5.75 Å². The smallest absolute Gasteiger partial charge is 0.224 e. The van der Waals surface area contributed by atoms with Gasteiger partial charge in [-0.15, -0.1) is 0 Å². The van der Waals surface area contributed by atoms with Gasteiger partial charge < -0.3 is 10.4 Å². The molecule has 2 rings (SSSR count). The first kappa shape index (κ1) is 14.1. The highest BCUT2D eigenvalue weighted by Crippen LogP contribution is 2.17. The lowest BCUT2D eigenvalue weighted by molar-refractivity contribution is -0.116. The average molecular weight is 269 g/mol. The summed E-state index contributed by atoms with van der Waals surface area (Å²) >= 11 is 0. The van der Waals surface area contributed by atoms with E-state index in [0.29, 0.717) is 12.8 Å². The lowest BCUT2D eigenvalue weighted by Gasteiger charge is -2.07. The van der Waals surface area contributed by atoms with Gasteiger partial charge in [-0.05, 0) is 42.2 Å². The topological polar surface area (TPSA) is 49.3 Å². The first-order chi connectivity index (χ1) is 9.69. The molecule has 0 bridgehead atoms. The number of phenols is 1. The molecule has 0 aliphatic rings. The van der Waals surface area contributed by atoms with Crippen LogP contribution in [0.15, 0.2) is 48.5 Å². The van der Waals surface area contributed by atoms with Gasteiger partial charge in [0.2, 0.25) is 5.91 Å². The quantitative estimate of drug-likeness (QED) is 0.872. The summed E-state index contributed by atoms with van der Waals surface area (Å²) in [6.45, 7) is 2.10. The van der Waals surface area contributed by atoms with Crippen LogP contribution < -0.4 is 5.32 Å². The van der Waals surface area contributed by atoms with Crippen molar-refractivity contribution in [3.63, 3.8) is 0 Å². The van der Waals surface area contributed by atoms with Crippen molar-refractivity contribution in [1.29, 1.82) is 0 Å². The molecule has 2 aromatic rings. The number of aromatic hydroxyl groups is 1. The van der Waals surface area contributed by atoms with Crippen LogP contribution >= 0.6 is 0 Å². The molecular weight excluding hydrogens is 250 g/mol. The predicted octanol–water partition coefficient (Wildman–Crippen LogP) is 3.53. The average Bonchev–Trinajstić information content (AvgIpc) is 2.47. The number of carbonyl (C=O) groups is 1. The van der Waals surface area contributed by atoms with Crippen molar-refractivity contribution < 1.29 is 9.90 Å². The number of rotatable bonds is 5. The number of amides is 1. The first-order valence-electron chi connectivity index (χ1n) is 6.84. The Morgan fingerprint density at radius 1 is 1.10 bits per heavy atom. The fourth-order valence-corrected chi connectivity index (χ4v) is 2.02. The monoisotopic (exact) mass is 269 g/mol. The van der Waals surface area contributed by atoms with E-state index in [1.165, 1.54) is 5.56 Å². The molecule has 0 unspecified atom stereocenters. The van der Waals surface area contributed by atoms with Crippen LogP contribution in [0.25, 0.3) is 0 Å². The Kier molecular flexibility index (Phi) is 4.77. The zero-order valence-corrected chi connectivity index (χ0v) is 11.6. The molecular formula is C17H19NO2. The third-order valence-corrected chi connectivity index (χ3v) is 3.26. The van der Waals surface area contributed by atoms with Gasteiger partial charge in [0, 0.05) is 12.1 Å². The molecule has 3 nitrogen and oxygen atoms in total. The van der Waals surface area contributed by atoms with Crippen molar-refractivity contribution in [2.45, 2.75) is 26.2 Å². The molecule has 0 aliphatic heterocycles. The van der Waals surface area contributed by atoms with E-state index in [0.717, 1.165) is 17.7 Å². The minimum atomic E-state index is -0.0440. The van der Waals surface area contributed by atoms with E-state index in [9.17, 15) is 9.90 Å². The molecule has 1 amide bonds. The molecule has 0 aliphatic carbocycles. The number of phenolic OH excluding ortho intramolecular Hbond substituents is 1. The number of para-hydroxylation sites is 1. The van der Waals surface area contributed by atoms with Gasteiger partial charge in [-0.1, -0.05) is 37.3 Å². The van der Waals surface area contributed by atoms with Crippen molar-refractivity contribution in [3.8, 4) is 5.75 Å². The van der Waals surface area contributed by atoms with Crippen LogP contribution in [0.4, 0.5) is 5.69 Å². The number of hydrogen-bond acceptors (Lipinski definition) is 2. The number of carbonyl (C=O) groups excluding carboxylic acids is 1. The van der Waals surface area contributed by atoms with Gasteiger partial charge in [-0.3, -0.25) is 4.79 Å². The molecule has 0 saturated carbocycles. The molecule has 0 spiro atoms. The lowest BCUT2D eigenvalue weighted by Crippen LogP contribution is -2.12. The number of nitrogens with one attached hydrogen (secondary N) is 1. The van der Waals surface area contributed by atoms with Crippen LogP contribution in [-0.2, 0) is 17.6 Å². The molecule has 0 atom stereocenters. The second-order valence-electron chi connectivity index (χ2n) is 4.73. The van der Waals surface area contributed by atoms with Crippen molar-refractivity contribution in [3.05, 3.63) is 59.7 Å². The Hall–Kier alpha value is -2.29. The van der Waals surface area contributed by atoms with Crippen molar-refractivity contribution in [2.24, 2.45) is 0 Å². The van der Waals surface area contributed by atoms with Crippen LogP contribution in [0.2, 0.25) is 0 Å². The van der Waals surface area contributed by atoms with E-state index in [4.69, 9.17) is 0 Å². The van der Waals surface area contributed by atoms with Gasteiger partial charge in [0.25, 0.3) is 0 Å². The van der Waals surface area contributed by atoms with Crippen LogP contribution in [-0.4, -0.2) is 11.0 Å². The third kappa shape index (κ3) is 3.85. The number of aryl methyl sites for hydroxylation is 2. The molecule has 2 N–H and O–H groups in total. The Morgan fingerprint density at radius 3 is 2.45 bits per heavy atom. The number of benzene rings is 2. The van der Waals surface area contributed by atoms with E-state index in [2.05, 4.69) is 12.2 Å². The van der Waals surface area contributed by atoms with Crippen molar-refractivity contribution in [2.75, 3.05) is 5.32 Å². The van der Waals surface area contributed by atoms with Crippen molar-refractivity contribution >= 4 is 11.6 Å². The molecule has 20 heavy (non-hydrogen) atoms. The van der Waals surface area contributed by atoms with Crippen LogP contribution in [0.1, 0.15) is 24.5 Å². The maximum Gasteiger partial charge on any atom is 0.224 e. The second-order valence-corrected chi connectivity index (χ2v) is 4.73. The summed E-state index contributed by atoms with van der Waals surface area (Å²) in [5.74, 6) is 0.199. The highest BCUT2D eigenvalue weighted by Gasteiger charge is 2.05. The number of anilines is 1. The van der Waals surface area contributed by atoms with E-state index < -0.39 is 0 Å². The summed E-state index contributed by atoms with van der Waals surface area (Å²) in [5.41, 5.74) is 2.85. The van der Waals surface area contributed by atoms with Crippen molar-refractivity contribution in [1.82, 2.24) is 0 Å². The van der Waals surface area contributed by atoms with Crippen LogP contribution in [0.5, 0.6) is 5.75 Å². The summed E-state index contributed by atoms with van der Waals surface area (Å²) in [6, 6.07) is 14.9. The van der Waals surface area contributed by atoms with E-state index in [1.807, 2.05) is 36.4 Å². The summed E-state index contributed by atoms with van der Waals surface area (Å²) in [7, 11) is 0. The van der Waals surface area contributed by atoms with Gasteiger partial charge in [-0.25, -0.2) is 0 Å². The molecule has 104 valence electrons. The lowest BCUT2D eigenvalue weighted by atomic mass is 10.1. The highest BCUT2D eigenvalue weighted by molar-refractivity contribution is 5.90. The maximum absolute atomic E-state index is 11.9. The Balaban J connectivity index is 1.87. The predicted molar refractivity (Wildman–Crippen MR) is 80.9 cm³/mol. The Labute approximate surface area is 119 Å². The first-order valence-corrected chi connectivity index (χ1v) is 6.84. The largest absolute Gasteiger partial charge is 0.508 e. The Bertz CT molecular complexity index is 576. The Morgan fingerprint density at radius 2 is 1.80 bits per heavy atom. The van der Waals surface area contributed by atoms with Crippen LogP contribution in [0, 0.1) is 0 Å². The summed E-state index contributed by atoms with van der Waals surface area (Å²) in [5, 5.41) is 12.5. The normalized spacial score (nSPS) is 10.2. The van der Waals surface area contributed by atoms with E-state index in [-0.39, 0.29) is 11.7 Å². The van der Waals surface area contributed by atoms with E-state index >= 15 is 0 Å². The van der Waals surface area contributed by atoms with Crippen LogP contribution in [0.3, 0.4) is 0 Å². The minimum absolute atomic E-state index is 0.0440. The van der Waals surface area contributed by atoms with Gasteiger partial charge >= 0.3 is 0 Å². The molecule has 3 heteroatoms. The zero-order chi connectivity index (χ0) is 14.4. The van der Waals surface area contributed by atoms with Gasteiger partial charge in [0.05, 0.1) is 0 Å². The minimum Gasteiger partial charge on any atom is -0.508 e. The van der Waals surface area contributed by atoms with E-state index in [1.54, 1.807) is 12.1 Å². The molecule has 0 radical (unpaired) electrons. The maximum atomic E-state index is 11.9. The van der Waals surface area contributed by atoms with Gasteiger partial charge in [0.15, 0.2) is 0 Å². The molecule has 0 fully saturated rings. The zero-order valence-electron chi connectivity index (χ0n) is 11.6. The second kappa shape index (κ2) is 6.75. The highest BCUT2D eigenvalue weighted by atomic mass is 16.3. The fraction of sp³-hybridized carbons (Fsp3) is 0.235. The molecule has 0 heterocycles. The summed E-state index contributed by atoms with van der Waals surface area (Å²) in [4.78, 5) is 11.9. The molecule has 0 aromatic heterocycles. The molecule has 0 saturated heterocycles. The SMILES string of the molecule is CCc1ccc(NC(=O)CCc2ccccc2O)cc1. The fourth-order valence-electron chi connectivity index (χ4n) is 2.02. The van der Waals surface area contributed by atoms with Gasteiger partial charge in [-0.2, -0.15) is 0 Å². The third-order valence-electron chi connectivity index (χ3n) is 3.26. The summed E-state index contributed by atoms with van der Waals surface area (Å²) < 4.78 is 0. The number of hydrogen-bond donors (Lipinski definition) is 2. The summed E-state index contributed by atoms with van der Waals surface area (Å²) in [6.07, 6.45) is 1.88. The molecule has 2 aromatic carbocycles. The standard InChI is InChI=1S/C17H19NO2/c1-2-13-7-10-15(11-8-13)18-17(20)12-9-14-5-3-4-6-16(14)19/h3-8,10-11,19H,2,9,12H2,1H3,(H,18,20).